The Hall–Kier alpha value is -4.82. The van der Waals surface area contributed by atoms with Crippen LogP contribution in [0.3, 0.4) is 0 Å². The summed E-state index contributed by atoms with van der Waals surface area (Å²) in [5.41, 5.74) is 0.589. The average molecular weight is 603 g/mol. The monoisotopic (exact) mass is 602 g/mol. The number of unbranched alkanes of at least 4 members (excludes halogenated alkanes) is 1. The highest BCUT2D eigenvalue weighted by atomic mass is 32.2. The zero-order valence-corrected chi connectivity index (χ0v) is 24.8. The van der Waals surface area contributed by atoms with Gasteiger partial charge in [-0.2, -0.15) is 10.2 Å². The van der Waals surface area contributed by atoms with Gasteiger partial charge in [0.05, 0.1) is 22.6 Å². The van der Waals surface area contributed by atoms with Gasteiger partial charge in [0, 0.05) is 24.6 Å². The van der Waals surface area contributed by atoms with Crippen molar-refractivity contribution >= 4 is 15.7 Å². The summed E-state index contributed by atoms with van der Waals surface area (Å²) < 4.78 is 43.8. The molecule has 3 aromatic carbocycles. The van der Waals surface area contributed by atoms with Crippen LogP contribution in [0.1, 0.15) is 66.5 Å². The summed E-state index contributed by atoms with van der Waals surface area (Å²) in [6.45, 7) is 3.80. The number of halogens is 1. The van der Waals surface area contributed by atoms with Gasteiger partial charge < -0.3 is 10.4 Å². The third kappa shape index (κ3) is 6.20. The average Bonchev–Trinajstić information content (AvgIpc) is 3.01. The van der Waals surface area contributed by atoms with Crippen molar-refractivity contribution in [2.75, 3.05) is 7.05 Å². The minimum Gasteiger partial charge on any atom is -0.493 e. The van der Waals surface area contributed by atoms with E-state index in [1.54, 1.807) is 24.3 Å². The highest BCUT2D eigenvalue weighted by Gasteiger charge is 2.32. The Kier molecular flexibility index (Phi) is 9.41. The maximum absolute atomic E-state index is 14.8. The number of hydrogen-bond acceptors (Lipinski definition) is 7. The lowest BCUT2D eigenvalue weighted by Gasteiger charge is -2.25. The summed E-state index contributed by atoms with van der Waals surface area (Å²) >= 11 is 0. The number of hydrogen-bond donors (Lipinski definition) is 2. The van der Waals surface area contributed by atoms with Crippen molar-refractivity contribution in [1.29, 1.82) is 5.26 Å². The van der Waals surface area contributed by atoms with Crippen molar-refractivity contribution in [2.45, 2.75) is 55.4 Å². The maximum Gasteiger partial charge on any atom is 0.296 e. The van der Waals surface area contributed by atoms with E-state index in [2.05, 4.69) is 16.4 Å². The molecule has 0 aliphatic heterocycles. The summed E-state index contributed by atoms with van der Waals surface area (Å²) in [6, 6.07) is 17.4. The van der Waals surface area contributed by atoms with Gasteiger partial charge in [-0.15, -0.1) is 0 Å². The molecule has 1 heterocycles. The Balaban J connectivity index is 1.83. The van der Waals surface area contributed by atoms with Gasteiger partial charge in [-0.05, 0) is 60.4 Å². The van der Waals surface area contributed by atoms with Gasteiger partial charge in [-0.1, -0.05) is 50.6 Å². The predicted molar refractivity (Wildman–Crippen MR) is 159 cm³/mol. The number of aromatic nitrogens is 2. The van der Waals surface area contributed by atoms with Gasteiger partial charge in [-0.3, -0.25) is 14.2 Å². The third-order valence-corrected chi connectivity index (χ3v) is 8.98. The molecule has 4 rings (SSSR count). The first-order chi connectivity index (χ1) is 20.6. The SMILES string of the molecule is CCCCc1nc(=O)c(S(=O)(=O)c2ccc(-c3ccc(C(=O)NC)cc3F)cc2)c(O)n1C(CC)c1cccc(C#N)c1. The number of nitrogens with one attached hydrogen (secondary N) is 1. The Bertz CT molecular complexity index is 1880. The smallest absolute Gasteiger partial charge is 0.296 e. The van der Waals surface area contributed by atoms with Crippen LogP contribution in [0.15, 0.2) is 81.3 Å². The van der Waals surface area contributed by atoms with Gasteiger partial charge in [0.25, 0.3) is 11.5 Å². The van der Waals surface area contributed by atoms with E-state index in [4.69, 9.17) is 0 Å². The zero-order valence-electron chi connectivity index (χ0n) is 24.0. The second-order valence-corrected chi connectivity index (χ2v) is 11.8. The first-order valence-corrected chi connectivity index (χ1v) is 15.3. The molecular weight excluding hydrogens is 571 g/mol. The van der Waals surface area contributed by atoms with Crippen molar-refractivity contribution in [3.05, 3.63) is 105 Å². The second-order valence-electron chi connectivity index (χ2n) is 9.92. The first-order valence-electron chi connectivity index (χ1n) is 13.8. The molecule has 222 valence electrons. The Morgan fingerprint density at radius 2 is 1.84 bits per heavy atom. The largest absolute Gasteiger partial charge is 0.493 e. The summed E-state index contributed by atoms with van der Waals surface area (Å²) in [6.07, 6.45) is 2.16. The topological polar surface area (TPSA) is 142 Å². The molecule has 0 bridgehead atoms. The van der Waals surface area contributed by atoms with Crippen LogP contribution in [-0.2, 0) is 16.3 Å². The summed E-state index contributed by atoms with van der Waals surface area (Å²) in [5, 5.41) is 23.3. The summed E-state index contributed by atoms with van der Waals surface area (Å²) in [5.74, 6) is -1.62. The molecule has 1 unspecified atom stereocenters. The number of carbonyl (C=O) groups excluding carboxylic acids is 1. The number of aryl methyl sites for hydroxylation is 1. The Morgan fingerprint density at radius 1 is 1.12 bits per heavy atom. The predicted octanol–water partition coefficient (Wildman–Crippen LogP) is 5.16. The van der Waals surface area contributed by atoms with Crippen LogP contribution in [0, 0.1) is 17.1 Å². The molecule has 4 aromatic rings. The lowest BCUT2D eigenvalue weighted by Crippen LogP contribution is -2.27. The molecule has 0 aliphatic carbocycles. The molecule has 1 amide bonds. The van der Waals surface area contributed by atoms with E-state index in [0.29, 0.717) is 36.0 Å². The minimum absolute atomic E-state index is 0.134. The summed E-state index contributed by atoms with van der Waals surface area (Å²) in [4.78, 5) is 28.0. The standard InChI is InChI=1S/C32H31FN4O5S/c1-4-6-10-28-36-31(39)29(32(40)37(28)27(5-2)22-9-7-8-20(17-22)19-34)43(41,42)24-14-11-21(12-15-24)25-16-13-23(18-26(25)33)30(38)35-3/h7-9,11-18,27,40H,4-6,10H2,1-3H3,(H,35,38). The van der Waals surface area contributed by atoms with Crippen LogP contribution in [0.4, 0.5) is 4.39 Å². The molecule has 1 atom stereocenters. The number of carbonyl (C=O) groups is 1. The van der Waals surface area contributed by atoms with Crippen molar-refractivity contribution in [2.24, 2.45) is 0 Å². The normalized spacial score (nSPS) is 12.0. The number of nitriles is 1. The molecule has 9 nitrogen and oxygen atoms in total. The Morgan fingerprint density at radius 3 is 2.44 bits per heavy atom. The molecule has 1 aromatic heterocycles. The van der Waals surface area contributed by atoms with E-state index < -0.39 is 43.9 Å². The fourth-order valence-electron chi connectivity index (χ4n) is 4.97. The van der Waals surface area contributed by atoms with E-state index in [1.807, 2.05) is 13.8 Å². The lowest BCUT2D eigenvalue weighted by atomic mass is 10.0. The molecule has 2 N–H and O–H groups in total. The molecule has 43 heavy (non-hydrogen) atoms. The van der Waals surface area contributed by atoms with E-state index in [1.165, 1.54) is 48.0 Å². The van der Waals surface area contributed by atoms with Gasteiger partial charge in [-0.25, -0.2) is 12.8 Å². The number of amides is 1. The Labute approximate surface area is 249 Å². The van der Waals surface area contributed by atoms with E-state index >= 15 is 0 Å². The number of benzene rings is 3. The highest BCUT2D eigenvalue weighted by Crippen LogP contribution is 2.34. The van der Waals surface area contributed by atoms with Crippen LogP contribution in [0.25, 0.3) is 11.1 Å². The van der Waals surface area contributed by atoms with E-state index in [0.717, 1.165) is 12.5 Å². The van der Waals surface area contributed by atoms with Gasteiger partial charge in [0.1, 0.15) is 11.6 Å². The molecule has 0 saturated heterocycles. The molecule has 11 heteroatoms. The molecule has 0 aliphatic rings. The molecule has 0 spiro atoms. The van der Waals surface area contributed by atoms with Crippen LogP contribution in [0.2, 0.25) is 0 Å². The molecule has 0 saturated carbocycles. The first kappa shape index (κ1) is 31.1. The number of nitrogens with zero attached hydrogens (tertiary/aromatic N) is 3. The van der Waals surface area contributed by atoms with Crippen molar-refractivity contribution in [1.82, 2.24) is 14.9 Å². The maximum atomic E-state index is 14.8. The summed E-state index contributed by atoms with van der Waals surface area (Å²) in [7, 11) is -3.14. The van der Waals surface area contributed by atoms with Gasteiger partial charge in [0.15, 0.2) is 4.90 Å². The molecular formula is C32H31FN4O5S. The molecule has 0 fully saturated rings. The highest BCUT2D eigenvalue weighted by molar-refractivity contribution is 7.91. The van der Waals surface area contributed by atoms with Crippen molar-refractivity contribution in [3.8, 4) is 23.1 Å². The zero-order chi connectivity index (χ0) is 31.3. The lowest BCUT2D eigenvalue weighted by molar-refractivity contribution is 0.0962. The van der Waals surface area contributed by atoms with Crippen LogP contribution in [0.5, 0.6) is 5.88 Å². The number of sulfone groups is 1. The van der Waals surface area contributed by atoms with E-state index in [-0.39, 0.29) is 21.8 Å². The molecule has 0 radical (unpaired) electrons. The quantitative estimate of drug-likeness (QED) is 0.255. The fourth-order valence-corrected chi connectivity index (χ4v) is 6.32. The number of aromatic hydroxyl groups is 1. The van der Waals surface area contributed by atoms with Gasteiger partial charge >= 0.3 is 0 Å². The van der Waals surface area contributed by atoms with Gasteiger partial charge in [0.2, 0.25) is 15.7 Å². The second kappa shape index (κ2) is 13.0. The van der Waals surface area contributed by atoms with Crippen LogP contribution in [-0.4, -0.2) is 36.0 Å². The van der Waals surface area contributed by atoms with Crippen LogP contribution >= 0.6 is 0 Å². The van der Waals surface area contributed by atoms with Crippen molar-refractivity contribution < 1.29 is 22.7 Å². The third-order valence-electron chi connectivity index (χ3n) is 7.19. The van der Waals surface area contributed by atoms with E-state index in [9.17, 15) is 32.8 Å². The van der Waals surface area contributed by atoms with Crippen molar-refractivity contribution in [3.63, 3.8) is 0 Å². The minimum atomic E-state index is -4.57. The van der Waals surface area contributed by atoms with Crippen LogP contribution < -0.4 is 10.9 Å². The number of rotatable bonds is 10. The fraction of sp³-hybridized carbons (Fsp3) is 0.250.